The average molecular weight is 269 g/mol. The highest BCUT2D eigenvalue weighted by atomic mass is 79.9. The summed E-state index contributed by atoms with van der Waals surface area (Å²) in [5.41, 5.74) is -0.238. The van der Waals surface area contributed by atoms with Crippen LogP contribution in [-0.2, 0) is 6.18 Å². The van der Waals surface area contributed by atoms with E-state index < -0.39 is 17.8 Å². The van der Waals surface area contributed by atoms with Gasteiger partial charge in [-0.25, -0.2) is 0 Å². The van der Waals surface area contributed by atoms with Crippen molar-refractivity contribution >= 4 is 15.9 Å². The summed E-state index contributed by atoms with van der Waals surface area (Å²) in [6.45, 7) is 0. The number of rotatable bonds is 2. The van der Waals surface area contributed by atoms with Crippen molar-refractivity contribution in [2.45, 2.75) is 12.3 Å². The van der Waals surface area contributed by atoms with E-state index in [9.17, 15) is 18.3 Å². The molecule has 1 aromatic rings. The minimum atomic E-state index is -4.32. The van der Waals surface area contributed by atoms with Crippen LogP contribution in [0.4, 0.5) is 13.2 Å². The molecule has 0 aliphatic carbocycles. The third-order valence-electron chi connectivity index (χ3n) is 1.77. The van der Waals surface area contributed by atoms with E-state index in [1.165, 1.54) is 12.1 Å². The summed E-state index contributed by atoms with van der Waals surface area (Å²) >= 11 is 3.04. The topological polar surface area (TPSA) is 20.2 Å². The van der Waals surface area contributed by atoms with Crippen molar-refractivity contribution < 1.29 is 18.3 Å². The van der Waals surface area contributed by atoms with E-state index in [1.54, 1.807) is 0 Å². The molecule has 0 fully saturated rings. The van der Waals surface area contributed by atoms with Crippen molar-refractivity contribution in [2.75, 3.05) is 5.33 Å². The smallest absolute Gasteiger partial charge is 0.388 e. The Morgan fingerprint density at radius 3 is 2.07 bits per heavy atom. The lowest BCUT2D eigenvalue weighted by Gasteiger charge is -2.10. The Morgan fingerprint density at radius 1 is 1.21 bits per heavy atom. The highest BCUT2D eigenvalue weighted by Crippen LogP contribution is 2.30. The van der Waals surface area contributed by atoms with Crippen molar-refractivity contribution in [2.24, 2.45) is 0 Å². The van der Waals surface area contributed by atoms with Crippen LogP contribution >= 0.6 is 15.9 Å². The van der Waals surface area contributed by atoms with Crippen LogP contribution in [0, 0.1) is 0 Å². The van der Waals surface area contributed by atoms with Gasteiger partial charge < -0.3 is 5.11 Å². The first-order valence-electron chi connectivity index (χ1n) is 3.86. The van der Waals surface area contributed by atoms with Gasteiger partial charge in [-0.3, -0.25) is 0 Å². The zero-order valence-corrected chi connectivity index (χ0v) is 8.64. The fourth-order valence-corrected chi connectivity index (χ4v) is 1.36. The van der Waals surface area contributed by atoms with E-state index in [0.29, 0.717) is 10.9 Å². The van der Waals surface area contributed by atoms with Crippen LogP contribution in [0.25, 0.3) is 0 Å². The van der Waals surface area contributed by atoms with Gasteiger partial charge in [0.05, 0.1) is 11.7 Å². The number of benzene rings is 1. The molecule has 0 heterocycles. The number of hydrogen-bond donors (Lipinski definition) is 1. The Kier molecular flexibility index (Phi) is 3.55. The first-order chi connectivity index (χ1) is 6.45. The third kappa shape index (κ3) is 2.72. The Bertz CT molecular complexity index is 294. The molecule has 1 nitrogen and oxygen atoms in total. The molecule has 0 unspecified atom stereocenters. The van der Waals surface area contributed by atoms with Crippen LogP contribution < -0.4 is 0 Å². The van der Waals surface area contributed by atoms with Gasteiger partial charge in [-0.15, -0.1) is 0 Å². The lowest BCUT2D eigenvalue weighted by atomic mass is 10.1. The van der Waals surface area contributed by atoms with E-state index in [4.69, 9.17) is 0 Å². The predicted octanol–water partition coefficient (Wildman–Crippen LogP) is 3.13. The van der Waals surface area contributed by atoms with Crippen molar-refractivity contribution in [1.29, 1.82) is 0 Å². The SMILES string of the molecule is O[C@@H](CBr)c1ccc(C(F)(F)F)cc1. The quantitative estimate of drug-likeness (QED) is 0.818. The summed E-state index contributed by atoms with van der Waals surface area (Å²) in [7, 11) is 0. The Hall–Kier alpha value is -0.550. The summed E-state index contributed by atoms with van der Waals surface area (Å²) in [5, 5.41) is 9.60. The molecule has 0 bridgehead atoms. The number of hydrogen-bond acceptors (Lipinski definition) is 1. The van der Waals surface area contributed by atoms with Crippen molar-refractivity contribution in [3.8, 4) is 0 Å². The molecule has 0 spiro atoms. The lowest BCUT2D eigenvalue weighted by molar-refractivity contribution is -0.137. The zero-order valence-electron chi connectivity index (χ0n) is 7.05. The Labute approximate surface area is 87.7 Å². The molecule has 0 aromatic heterocycles. The molecule has 1 atom stereocenters. The molecule has 0 saturated heterocycles. The van der Waals surface area contributed by atoms with Gasteiger partial charge in [0.1, 0.15) is 0 Å². The van der Waals surface area contributed by atoms with Gasteiger partial charge in [0, 0.05) is 5.33 Å². The largest absolute Gasteiger partial charge is 0.416 e. The second kappa shape index (κ2) is 4.31. The van der Waals surface area contributed by atoms with Gasteiger partial charge in [0.25, 0.3) is 0 Å². The zero-order chi connectivity index (χ0) is 10.8. The molecule has 0 radical (unpaired) electrons. The Morgan fingerprint density at radius 2 is 1.71 bits per heavy atom. The van der Waals surface area contributed by atoms with E-state index in [1.807, 2.05) is 0 Å². The van der Waals surface area contributed by atoms with E-state index in [2.05, 4.69) is 15.9 Å². The summed E-state index contributed by atoms with van der Waals surface area (Å²) in [6.07, 6.45) is -5.09. The molecular formula is C9H8BrF3O. The van der Waals surface area contributed by atoms with E-state index in [0.717, 1.165) is 12.1 Å². The van der Waals surface area contributed by atoms with Gasteiger partial charge >= 0.3 is 6.18 Å². The third-order valence-corrected chi connectivity index (χ3v) is 2.38. The molecule has 5 heteroatoms. The van der Waals surface area contributed by atoms with Crippen molar-refractivity contribution in [3.63, 3.8) is 0 Å². The van der Waals surface area contributed by atoms with Crippen LogP contribution in [0.1, 0.15) is 17.2 Å². The molecule has 1 N–H and O–H groups in total. The average Bonchev–Trinajstić information content (AvgIpc) is 2.15. The van der Waals surface area contributed by atoms with Crippen LogP contribution in [0.5, 0.6) is 0 Å². The van der Waals surface area contributed by atoms with Crippen molar-refractivity contribution in [3.05, 3.63) is 35.4 Å². The van der Waals surface area contributed by atoms with Gasteiger partial charge in [0.15, 0.2) is 0 Å². The molecule has 1 aromatic carbocycles. The molecule has 0 aliphatic rings. The normalized spacial score (nSPS) is 14.1. The van der Waals surface area contributed by atoms with Crippen LogP contribution in [0.15, 0.2) is 24.3 Å². The maximum absolute atomic E-state index is 12.1. The summed E-state index contributed by atoms with van der Waals surface area (Å²) < 4.78 is 36.4. The highest BCUT2D eigenvalue weighted by Gasteiger charge is 2.30. The van der Waals surface area contributed by atoms with Gasteiger partial charge in [-0.1, -0.05) is 28.1 Å². The van der Waals surface area contributed by atoms with Crippen LogP contribution in [0.3, 0.4) is 0 Å². The van der Waals surface area contributed by atoms with Crippen LogP contribution in [-0.4, -0.2) is 10.4 Å². The van der Waals surface area contributed by atoms with Gasteiger partial charge in [0.2, 0.25) is 0 Å². The summed E-state index contributed by atoms with van der Waals surface area (Å²) in [4.78, 5) is 0. The predicted molar refractivity (Wildman–Crippen MR) is 50.2 cm³/mol. The molecule has 0 aliphatic heterocycles. The molecule has 0 saturated carbocycles. The minimum Gasteiger partial charge on any atom is -0.388 e. The first-order valence-corrected chi connectivity index (χ1v) is 4.98. The van der Waals surface area contributed by atoms with Crippen LogP contribution in [0.2, 0.25) is 0 Å². The first kappa shape index (κ1) is 11.5. The fourth-order valence-electron chi connectivity index (χ4n) is 0.983. The van der Waals surface area contributed by atoms with E-state index in [-0.39, 0.29) is 0 Å². The highest BCUT2D eigenvalue weighted by molar-refractivity contribution is 9.09. The standard InChI is InChI=1S/C9H8BrF3O/c10-5-8(14)6-1-3-7(4-2-6)9(11,12)13/h1-4,8,14H,5H2/t8-/m0/s1. The molecular weight excluding hydrogens is 261 g/mol. The second-order valence-electron chi connectivity index (χ2n) is 2.79. The Balaban J connectivity index is 2.89. The van der Waals surface area contributed by atoms with Crippen molar-refractivity contribution in [1.82, 2.24) is 0 Å². The monoisotopic (exact) mass is 268 g/mol. The number of halogens is 4. The number of aliphatic hydroxyl groups excluding tert-OH is 1. The fraction of sp³-hybridized carbons (Fsp3) is 0.333. The molecule has 14 heavy (non-hydrogen) atoms. The maximum Gasteiger partial charge on any atom is 0.416 e. The molecule has 1 rings (SSSR count). The summed E-state index contributed by atoms with van der Waals surface area (Å²) in [5.74, 6) is 0. The van der Waals surface area contributed by atoms with E-state index >= 15 is 0 Å². The summed E-state index contributed by atoms with van der Waals surface area (Å²) in [6, 6.07) is 4.46. The second-order valence-corrected chi connectivity index (χ2v) is 3.44. The molecule has 78 valence electrons. The number of aliphatic hydroxyl groups is 1. The lowest BCUT2D eigenvalue weighted by Crippen LogP contribution is -2.05. The van der Waals surface area contributed by atoms with Gasteiger partial charge in [-0.2, -0.15) is 13.2 Å². The number of alkyl halides is 4. The minimum absolute atomic E-state index is 0.304. The van der Waals surface area contributed by atoms with Gasteiger partial charge in [-0.05, 0) is 17.7 Å². The maximum atomic E-state index is 12.1. The molecule has 0 amide bonds.